The topological polar surface area (TPSA) is 66.8 Å². The molecule has 1 aliphatic carbocycles. The van der Waals surface area contributed by atoms with E-state index in [0.717, 1.165) is 12.8 Å². The number of benzene rings is 1. The average Bonchev–Trinajstić information content (AvgIpc) is 3.27. The van der Waals surface area contributed by atoms with E-state index in [4.69, 9.17) is 9.84 Å². The molecular weight excluding hydrogens is 321 g/mol. The largest absolute Gasteiger partial charge is 0.480 e. The summed E-state index contributed by atoms with van der Waals surface area (Å²) in [5, 5.41) is 9.42. The van der Waals surface area contributed by atoms with Gasteiger partial charge in [-0.2, -0.15) is 0 Å². The van der Waals surface area contributed by atoms with Gasteiger partial charge in [-0.3, -0.25) is 9.59 Å². The zero-order valence-electron chi connectivity index (χ0n) is 12.5. The number of methoxy groups -OCH3 is 1. The fourth-order valence-electron chi connectivity index (χ4n) is 2.65. The summed E-state index contributed by atoms with van der Waals surface area (Å²) in [4.78, 5) is 25.6. The van der Waals surface area contributed by atoms with E-state index in [2.05, 4.69) is 0 Å². The van der Waals surface area contributed by atoms with Crippen LogP contribution >= 0.6 is 11.3 Å². The Labute approximate surface area is 136 Å². The molecule has 7 heteroatoms. The number of halogens is 1. The molecule has 0 unspecified atom stereocenters. The average molecular weight is 337 g/mol. The first-order chi connectivity index (χ1) is 11.0. The van der Waals surface area contributed by atoms with E-state index in [1.54, 1.807) is 12.1 Å². The number of carboxylic acid groups (broad SMARTS) is 1. The number of hydrogen-bond donors (Lipinski definition) is 1. The zero-order valence-corrected chi connectivity index (χ0v) is 13.4. The number of carboxylic acids is 1. The highest BCUT2D eigenvalue weighted by Gasteiger charge is 2.36. The molecule has 0 bridgehead atoms. The molecule has 0 radical (unpaired) electrons. The van der Waals surface area contributed by atoms with Gasteiger partial charge in [-0.1, -0.05) is 6.07 Å². The van der Waals surface area contributed by atoms with Gasteiger partial charge in [-0.05, 0) is 25.0 Å². The molecule has 0 spiro atoms. The number of nitrogens with zero attached hydrogens (tertiary/aromatic N) is 1. The molecule has 1 heterocycles. The van der Waals surface area contributed by atoms with E-state index in [-0.39, 0.29) is 25.1 Å². The number of carbonyl (C=O) groups is 2. The van der Waals surface area contributed by atoms with Crippen molar-refractivity contribution in [3.63, 3.8) is 0 Å². The third-order valence-electron chi connectivity index (χ3n) is 3.80. The van der Waals surface area contributed by atoms with Crippen LogP contribution in [0.15, 0.2) is 18.2 Å². The summed E-state index contributed by atoms with van der Waals surface area (Å²) in [6.07, 6.45) is 1.61. The molecule has 1 N–H and O–H groups in total. The lowest BCUT2D eigenvalue weighted by atomic mass is 10.1. The van der Waals surface area contributed by atoms with E-state index < -0.39 is 11.8 Å². The van der Waals surface area contributed by atoms with Gasteiger partial charge >= 0.3 is 5.97 Å². The maximum Gasteiger partial charge on any atom is 0.323 e. The van der Waals surface area contributed by atoms with Gasteiger partial charge in [0, 0.05) is 28.8 Å². The Morgan fingerprint density at radius 2 is 2.17 bits per heavy atom. The van der Waals surface area contributed by atoms with Crippen LogP contribution in [0.2, 0.25) is 0 Å². The molecule has 1 amide bonds. The minimum atomic E-state index is -1.05. The molecule has 122 valence electrons. The van der Waals surface area contributed by atoms with Crippen molar-refractivity contribution in [2.75, 3.05) is 13.7 Å². The molecule has 0 atom stereocenters. The monoisotopic (exact) mass is 337 g/mol. The van der Waals surface area contributed by atoms with Crippen molar-refractivity contribution in [1.29, 1.82) is 0 Å². The number of hydrogen-bond acceptors (Lipinski definition) is 4. The van der Waals surface area contributed by atoms with Crippen molar-refractivity contribution in [2.24, 2.45) is 0 Å². The molecule has 3 rings (SSSR count). The van der Waals surface area contributed by atoms with Crippen LogP contribution < -0.4 is 0 Å². The van der Waals surface area contributed by atoms with Crippen LogP contribution in [0.3, 0.4) is 0 Å². The molecule has 1 fully saturated rings. The maximum atomic E-state index is 14.2. The highest BCUT2D eigenvalue weighted by Crippen LogP contribution is 2.36. The summed E-state index contributed by atoms with van der Waals surface area (Å²) >= 11 is 1.18. The van der Waals surface area contributed by atoms with Crippen molar-refractivity contribution in [3.8, 4) is 0 Å². The molecule has 2 aromatic rings. The lowest BCUT2D eigenvalue weighted by Crippen LogP contribution is -2.37. The second-order valence-electron chi connectivity index (χ2n) is 5.51. The lowest BCUT2D eigenvalue weighted by Gasteiger charge is -2.20. The Hall–Kier alpha value is -1.99. The zero-order chi connectivity index (χ0) is 16.6. The summed E-state index contributed by atoms with van der Waals surface area (Å²) in [5.41, 5.74) is 0.492. The first-order valence-electron chi connectivity index (χ1n) is 7.24. The first kappa shape index (κ1) is 15.9. The SMILES string of the molecule is COCc1c(C(=O)N(CC(=O)O)C2CC2)sc2cccc(F)c12. The number of rotatable bonds is 6. The van der Waals surface area contributed by atoms with Gasteiger partial charge in [0.1, 0.15) is 12.4 Å². The van der Waals surface area contributed by atoms with Crippen molar-refractivity contribution in [1.82, 2.24) is 4.90 Å². The summed E-state index contributed by atoms with van der Waals surface area (Å²) in [7, 11) is 1.48. The summed E-state index contributed by atoms with van der Waals surface area (Å²) < 4.78 is 19.9. The minimum absolute atomic E-state index is 0.0379. The molecule has 23 heavy (non-hydrogen) atoms. The summed E-state index contributed by atoms with van der Waals surface area (Å²) in [6, 6.07) is 4.65. The lowest BCUT2D eigenvalue weighted by molar-refractivity contribution is -0.137. The molecular formula is C16H16FNO4S. The van der Waals surface area contributed by atoms with Gasteiger partial charge in [0.25, 0.3) is 5.91 Å². The van der Waals surface area contributed by atoms with E-state index in [0.29, 0.717) is 20.5 Å². The van der Waals surface area contributed by atoms with Crippen LogP contribution in [0.1, 0.15) is 28.1 Å². The molecule has 1 aliphatic rings. The van der Waals surface area contributed by atoms with Crippen molar-refractivity contribution in [2.45, 2.75) is 25.5 Å². The Bertz CT molecular complexity index is 769. The highest BCUT2D eigenvalue weighted by molar-refractivity contribution is 7.21. The third kappa shape index (κ3) is 3.07. The minimum Gasteiger partial charge on any atom is -0.480 e. The van der Waals surface area contributed by atoms with Gasteiger partial charge in [0.15, 0.2) is 0 Å². The number of carbonyl (C=O) groups excluding carboxylic acids is 1. The number of amides is 1. The predicted molar refractivity (Wildman–Crippen MR) is 84.2 cm³/mol. The molecule has 1 saturated carbocycles. The van der Waals surface area contributed by atoms with E-state index in [1.165, 1.54) is 29.4 Å². The van der Waals surface area contributed by atoms with Gasteiger partial charge < -0.3 is 14.7 Å². The molecule has 1 aromatic carbocycles. The fourth-order valence-corrected chi connectivity index (χ4v) is 3.83. The van der Waals surface area contributed by atoms with Crippen LogP contribution in [0.4, 0.5) is 4.39 Å². The summed E-state index contributed by atoms with van der Waals surface area (Å²) in [6.45, 7) is -0.236. The standard InChI is InChI=1S/C16H16FNO4S/c1-22-8-10-14-11(17)3-2-4-12(14)23-15(10)16(21)18(7-13(19)20)9-5-6-9/h2-4,9H,5-8H2,1H3,(H,19,20). The quantitative estimate of drug-likeness (QED) is 0.880. The van der Waals surface area contributed by atoms with Gasteiger partial charge in [-0.15, -0.1) is 11.3 Å². The molecule has 0 saturated heterocycles. The molecule has 0 aliphatic heterocycles. The van der Waals surface area contributed by atoms with Crippen LogP contribution in [0.25, 0.3) is 10.1 Å². The predicted octanol–water partition coefficient (Wildman–Crippen LogP) is 2.88. The Morgan fingerprint density at radius 3 is 2.78 bits per heavy atom. The smallest absolute Gasteiger partial charge is 0.323 e. The maximum absolute atomic E-state index is 14.2. The number of aliphatic carboxylic acids is 1. The van der Waals surface area contributed by atoms with E-state index in [1.807, 2.05) is 0 Å². The normalized spacial score (nSPS) is 14.2. The Kier molecular flexibility index (Phi) is 4.32. The molecule has 1 aromatic heterocycles. The number of fused-ring (bicyclic) bond motifs is 1. The van der Waals surface area contributed by atoms with Crippen molar-refractivity contribution < 1.29 is 23.8 Å². The number of thiophene rings is 1. The first-order valence-corrected chi connectivity index (χ1v) is 8.06. The van der Waals surface area contributed by atoms with E-state index in [9.17, 15) is 14.0 Å². The molecule has 5 nitrogen and oxygen atoms in total. The van der Waals surface area contributed by atoms with Crippen LogP contribution in [-0.2, 0) is 16.1 Å². The van der Waals surface area contributed by atoms with Gasteiger partial charge in [0.05, 0.1) is 11.5 Å². The van der Waals surface area contributed by atoms with Crippen molar-refractivity contribution in [3.05, 3.63) is 34.5 Å². The fraction of sp³-hybridized carbons (Fsp3) is 0.375. The third-order valence-corrected chi connectivity index (χ3v) is 4.99. The second-order valence-corrected chi connectivity index (χ2v) is 6.57. The van der Waals surface area contributed by atoms with Gasteiger partial charge in [-0.25, -0.2) is 4.39 Å². The highest BCUT2D eigenvalue weighted by atomic mass is 32.1. The van der Waals surface area contributed by atoms with E-state index >= 15 is 0 Å². The number of ether oxygens (including phenoxy) is 1. The van der Waals surface area contributed by atoms with Crippen LogP contribution in [0, 0.1) is 5.82 Å². The second kappa shape index (κ2) is 6.25. The Morgan fingerprint density at radius 1 is 1.43 bits per heavy atom. The Balaban J connectivity index is 2.06. The van der Waals surface area contributed by atoms with Crippen LogP contribution in [0.5, 0.6) is 0 Å². The van der Waals surface area contributed by atoms with Gasteiger partial charge in [0.2, 0.25) is 0 Å². The summed E-state index contributed by atoms with van der Waals surface area (Å²) in [5.74, 6) is -1.81. The van der Waals surface area contributed by atoms with Crippen molar-refractivity contribution >= 4 is 33.3 Å². The van der Waals surface area contributed by atoms with Crippen LogP contribution in [-0.4, -0.2) is 41.6 Å².